The molecule has 0 saturated carbocycles. The van der Waals surface area contributed by atoms with Crippen molar-refractivity contribution in [3.8, 4) is 17.2 Å². The van der Waals surface area contributed by atoms with Crippen LogP contribution >= 0.6 is 0 Å². The van der Waals surface area contributed by atoms with Gasteiger partial charge in [0.2, 0.25) is 0 Å². The average Bonchev–Trinajstić information content (AvgIpc) is 2.58. The van der Waals surface area contributed by atoms with Gasteiger partial charge in [0.1, 0.15) is 17.2 Å². The Labute approximate surface area is 138 Å². The summed E-state index contributed by atoms with van der Waals surface area (Å²) in [5.41, 5.74) is 1.16. The Morgan fingerprint density at radius 2 is 1.52 bits per heavy atom. The van der Waals surface area contributed by atoms with E-state index >= 15 is 0 Å². The zero-order chi connectivity index (χ0) is 16.3. The second-order valence-electron chi connectivity index (χ2n) is 5.06. The molecule has 0 aliphatic rings. The van der Waals surface area contributed by atoms with E-state index in [0.717, 1.165) is 35.7 Å². The topological polar surface area (TPSA) is 27.7 Å². The molecular formula is C20H24O3. The normalized spacial score (nSPS) is 10.1. The molecule has 0 aromatic heterocycles. The maximum Gasteiger partial charge on any atom is 0.122 e. The van der Waals surface area contributed by atoms with Gasteiger partial charge in [0, 0.05) is 6.42 Å². The van der Waals surface area contributed by atoms with Crippen molar-refractivity contribution in [3.63, 3.8) is 0 Å². The molecule has 0 heterocycles. The molecule has 0 fully saturated rings. The summed E-state index contributed by atoms with van der Waals surface area (Å²) in [7, 11) is 0. The van der Waals surface area contributed by atoms with E-state index in [9.17, 15) is 0 Å². The first-order valence-electron chi connectivity index (χ1n) is 8.00. The maximum absolute atomic E-state index is 5.83. The minimum absolute atomic E-state index is 0.623. The van der Waals surface area contributed by atoms with Gasteiger partial charge >= 0.3 is 0 Å². The largest absolute Gasteiger partial charge is 0.494 e. The summed E-state index contributed by atoms with van der Waals surface area (Å²) in [5.74, 6) is 2.64. The molecule has 0 N–H and O–H groups in total. The number of benzene rings is 2. The van der Waals surface area contributed by atoms with Crippen molar-refractivity contribution in [1.29, 1.82) is 0 Å². The third-order valence-corrected chi connectivity index (χ3v) is 3.29. The summed E-state index contributed by atoms with van der Waals surface area (Å²) in [6, 6.07) is 15.7. The molecule has 2 rings (SSSR count). The van der Waals surface area contributed by atoms with Gasteiger partial charge < -0.3 is 14.2 Å². The second-order valence-corrected chi connectivity index (χ2v) is 5.06. The predicted octanol–water partition coefficient (Wildman–Crippen LogP) is 4.66. The molecular weight excluding hydrogens is 288 g/mol. The zero-order valence-electron chi connectivity index (χ0n) is 13.7. The molecule has 0 bridgehead atoms. The highest BCUT2D eigenvalue weighted by Gasteiger charge is 2.01. The highest BCUT2D eigenvalue weighted by atomic mass is 16.5. The lowest BCUT2D eigenvalue weighted by Crippen LogP contribution is -2.06. The van der Waals surface area contributed by atoms with E-state index in [1.54, 1.807) is 0 Å². The summed E-state index contributed by atoms with van der Waals surface area (Å²) in [5, 5.41) is 0. The molecule has 0 radical (unpaired) electrons. The molecule has 0 unspecified atom stereocenters. The molecule has 0 atom stereocenters. The molecule has 0 spiro atoms. The van der Waals surface area contributed by atoms with Gasteiger partial charge in [-0.15, -0.1) is 6.58 Å². The van der Waals surface area contributed by atoms with Crippen LogP contribution in [0.5, 0.6) is 17.2 Å². The van der Waals surface area contributed by atoms with E-state index in [-0.39, 0.29) is 0 Å². The number of hydrogen-bond donors (Lipinski definition) is 0. The van der Waals surface area contributed by atoms with Crippen LogP contribution in [0.25, 0.3) is 0 Å². The highest BCUT2D eigenvalue weighted by Crippen LogP contribution is 2.19. The van der Waals surface area contributed by atoms with E-state index in [1.807, 2.05) is 55.5 Å². The zero-order valence-corrected chi connectivity index (χ0v) is 13.7. The molecule has 3 nitrogen and oxygen atoms in total. The first-order chi connectivity index (χ1) is 11.3. The average molecular weight is 312 g/mol. The van der Waals surface area contributed by atoms with Gasteiger partial charge in [-0.05, 0) is 49.2 Å². The van der Waals surface area contributed by atoms with Gasteiger partial charge in [-0.2, -0.15) is 0 Å². The molecule has 2 aromatic carbocycles. The highest BCUT2D eigenvalue weighted by molar-refractivity contribution is 5.34. The fourth-order valence-electron chi connectivity index (χ4n) is 2.20. The number of ether oxygens (including phenoxy) is 3. The van der Waals surface area contributed by atoms with E-state index in [2.05, 4.69) is 12.6 Å². The fraction of sp³-hybridized carbons (Fsp3) is 0.300. The third kappa shape index (κ3) is 5.70. The van der Waals surface area contributed by atoms with Crippen LogP contribution < -0.4 is 14.2 Å². The van der Waals surface area contributed by atoms with E-state index < -0.39 is 0 Å². The first kappa shape index (κ1) is 16.9. The van der Waals surface area contributed by atoms with Crippen LogP contribution in [-0.2, 0) is 6.42 Å². The Bertz CT molecular complexity index is 590. The van der Waals surface area contributed by atoms with Crippen LogP contribution in [0.1, 0.15) is 18.9 Å². The number of para-hydroxylation sites is 1. The summed E-state index contributed by atoms with van der Waals surface area (Å²) >= 11 is 0. The van der Waals surface area contributed by atoms with Crippen molar-refractivity contribution in [2.45, 2.75) is 19.8 Å². The van der Waals surface area contributed by atoms with Gasteiger partial charge in [0.15, 0.2) is 0 Å². The van der Waals surface area contributed by atoms with Crippen molar-refractivity contribution < 1.29 is 14.2 Å². The Hall–Kier alpha value is -2.42. The van der Waals surface area contributed by atoms with Crippen LogP contribution in [-0.4, -0.2) is 19.8 Å². The van der Waals surface area contributed by atoms with Crippen LogP contribution in [0.2, 0.25) is 0 Å². The van der Waals surface area contributed by atoms with Crippen molar-refractivity contribution in [2.75, 3.05) is 19.8 Å². The summed E-state index contributed by atoms with van der Waals surface area (Å²) in [6.45, 7) is 7.67. The minimum atomic E-state index is 0.623. The van der Waals surface area contributed by atoms with Gasteiger partial charge in [0.25, 0.3) is 0 Å². The van der Waals surface area contributed by atoms with E-state index in [4.69, 9.17) is 14.2 Å². The standard InChI is InChI=1S/C20H24O3/c1-3-8-17-9-5-6-10-20(17)23-16-7-15-22-19-13-11-18(12-14-19)21-4-2/h3,5-6,9-14H,1,4,7-8,15-16H2,2H3. The van der Waals surface area contributed by atoms with Gasteiger partial charge in [-0.3, -0.25) is 0 Å². The smallest absolute Gasteiger partial charge is 0.122 e. The summed E-state index contributed by atoms with van der Waals surface area (Å²) < 4.78 is 16.9. The van der Waals surface area contributed by atoms with Crippen LogP contribution in [0.15, 0.2) is 61.2 Å². The van der Waals surface area contributed by atoms with Crippen molar-refractivity contribution in [1.82, 2.24) is 0 Å². The minimum Gasteiger partial charge on any atom is -0.494 e. The van der Waals surface area contributed by atoms with E-state index in [1.165, 1.54) is 0 Å². The quantitative estimate of drug-likeness (QED) is 0.471. The number of allylic oxidation sites excluding steroid dienone is 1. The second kappa shape index (κ2) is 9.57. The van der Waals surface area contributed by atoms with Gasteiger partial charge in [-0.25, -0.2) is 0 Å². The molecule has 122 valence electrons. The van der Waals surface area contributed by atoms with Crippen molar-refractivity contribution in [3.05, 3.63) is 66.7 Å². The molecule has 0 aliphatic heterocycles. The Balaban J connectivity index is 1.70. The fourth-order valence-corrected chi connectivity index (χ4v) is 2.20. The SMILES string of the molecule is C=CCc1ccccc1OCCCOc1ccc(OCC)cc1. The van der Waals surface area contributed by atoms with E-state index in [0.29, 0.717) is 19.8 Å². The van der Waals surface area contributed by atoms with Crippen LogP contribution in [0, 0.1) is 0 Å². The Morgan fingerprint density at radius 3 is 2.22 bits per heavy atom. The van der Waals surface area contributed by atoms with Crippen molar-refractivity contribution in [2.24, 2.45) is 0 Å². The van der Waals surface area contributed by atoms with Gasteiger partial charge in [-0.1, -0.05) is 24.3 Å². The summed E-state index contributed by atoms with van der Waals surface area (Å²) in [6.07, 6.45) is 3.53. The van der Waals surface area contributed by atoms with Crippen molar-refractivity contribution >= 4 is 0 Å². The van der Waals surface area contributed by atoms with Gasteiger partial charge in [0.05, 0.1) is 19.8 Å². The molecule has 0 saturated heterocycles. The lowest BCUT2D eigenvalue weighted by atomic mass is 10.1. The Morgan fingerprint density at radius 1 is 0.870 bits per heavy atom. The molecule has 23 heavy (non-hydrogen) atoms. The Kier molecular flexibility index (Phi) is 7.05. The third-order valence-electron chi connectivity index (χ3n) is 3.29. The lowest BCUT2D eigenvalue weighted by Gasteiger charge is -2.11. The van der Waals surface area contributed by atoms with Crippen LogP contribution in [0.4, 0.5) is 0 Å². The summed E-state index contributed by atoms with van der Waals surface area (Å²) in [4.78, 5) is 0. The lowest BCUT2D eigenvalue weighted by molar-refractivity contribution is 0.246. The monoisotopic (exact) mass is 312 g/mol. The molecule has 2 aromatic rings. The molecule has 3 heteroatoms. The first-order valence-corrected chi connectivity index (χ1v) is 8.00. The van der Waals surface area contributed by atoms with Crippen LogP contribution in [0.3, 0.4) is 0 Å². The number of hydrogen-bond acceptors (Lipinski definition) is 3. The molecule has 0 amide bonds. The number of rotatable bonds is 10. The maximum atomic E-state index is 5.83. The molecule has 0 aliphatic carbocycles. The predicted molar refractivity (Wildman–Crippen MR) is 93.6 cm³/mol.